The highest BCUT2D eigenvalue weighted by Crippen LogP contribution is 2.40. The Bertz CT molecular complexity index is 1030. The lowest BCUT2D eigenvalue weighted by atomic mass is 9.94. The number of rotatable bonds is 8. The Hall–Kier alpha value is -2.83. The molecule has 170 valence electrons. The van der Waals surface area contributed by atoms with E-state index < -0.39 is 17.7 Å². The zero-order chi connectivity index (χ0) is 23.4. The Morgan fingerprint density at radius 3 is 2.44 bits per heavy atom. The van der Waals surface area contributed by atoms with Crippen LogP contribution in [0.3, 0.4) is 0 Å². The number of ether oxygens (including phenoxy) is 1. The van der Waals surface area contributed by atoms with Crippen molar-refractivity contribution in [2.75, 3.05) is 33.8 Å². The van der Waals surface area contributed by atoms with Gasteiger partial charge in [-0.1, -0.05) is 23.7 Å². The highest BCUT2D eigenvalue weighted by atomic mass is 35.5. The smallest absolute Gasteiger partial charge is 0.295 e. The van der Waals surface area contributed by atoms with Gasteiger partial charge < -0.3 is 19.6 Å². The summed E-state index contributed by atoms with van der Waals surface area (Å²) in [5, 5.41) is 11.8. The molecule has 2 aromatic carbocycles. The normalized spacial score (nSPS) is 17.9. The summed E-state index contributed by atoms with van der Waals surface area (Å²) >= 11 is 6.06. The molecule has 0 aliphatic carbocycles. The summed E-state index contributed by atoms with van der Waals surface area (Å²) in [6.45, 7) is 5.43. The van der Waals surface area contributed by atoms with Crippen molar-refractivity contribution in [3.63, 3.8) is 0 Å². The zero-order valence-corrected chi connectivity index (χ0v) is 19.6. The number of nitrogens with zero attached hydrogens (tertiary/aromatic N) is 2. The van der Waals surface area contributed by atoms with Crippen LogP contribution >= 0.6 is 11.6 Å². The molecule has 1 amide bonds. The first-order valence-electron chi connectivity index (χ1n) is 10.7. The van der Waals surface area contributed by atoms with E-state index in [1.807, 2.05) is 38.9 Å². The van der Waals surface area contributed by atoms with Gasteiger partial charge in [-0.3, -0.25) is 9.59 Å². The van der Waals surface area contributed by atoms with Gasteiger partial charge in [0.15, 0.2) is 0 Å². The average Bonchev–Trinajstić information content (AvgIpc) is 2.99. The van der Waals surface area contributed by atoms with E-state index in [9.17, 15) is 14.7 Å². The minimum Gasteiger partial charge on any atom is -0.507 e. The second kappa shape index (κ2) is 10.2. The second-order valence-electron chi connectivity index (χ2n) is 8.11. The molecule has 0 spiro atoms. The third kappa shape index (κ3) is 4.97. The number of benzene rings is 2. The third-order valence-electron chi connectivity index (χ3n) is 5.49. The molecule has 2 aromatic rings. The number of hydrogen-bond acceptors (Lipinski definition) is 5. The van der Waals surface area contributed by atoms with Gasteiger partial charge in [0.1, 0.15) is 11.5 Å². The van der Waals surface area contributed by atoms with Gasteiger partial charge in [-0.05, 0) is 82.4 Å². The number of hydrogen-bond donors (Lipinski definition) is 1. The lowest BCUT2D eigenvalue weighted by Gasteiger charge is -2.26. The number of aryl methyl sites for hydroxylation is 1. The molecule has 1 saturated heterocycles. The van der Waals surface area contributed by atoms with Crippen molar-refractivity contribution in [2.45, 2.75) is 26.3 Å². The van der Waals surface area contributed by atoms with Crippen molar-refractivity contribution in [3.8, 4) is 5.75 Å². The van der Waals surface area contributed by atoms with Crippen molar-refractivity contribution >= 4 is 29.1 Å². The molecular formula is C25H29ClN2O4. The van der Waals surface area contributed by atoms with E-state index in [2.05, 4.69) is 0 Å². The fourth-order valence-electron chi connectivity index (χ4n) is 3.96. The number of carbonyl (C=O) groups is 2. The number of aliphatic hydroxyl groups excluding tert-OH is 1. The number of aliphatic hydroxyl groups is 1. The van der Waals surface area contributed by atoms with E-state index in [0.29, 0.717) is 35.9 Å². The van der Waals surface area contributed by atoms with E-state index in [1.165, 1.54) is 0 Å². The number of amides is 1. The van der Waals surface area contributed by atoms with Crippen LogP contribution in [0.25, 0.3) is 5.76 Å². The molecule has 1 aliphatic heterocycles. The van der Waals surface area contributed by atoms with Gasteiger partial charge in [0.05, 0.1) is 18.2 Å². The molecule has 6 nitrogen and oxygen atoms in total. The number of halogens is 1. The van der Waals surface area contributed by atoms with Gasteiger partial charge in [-0.25, -0.2) is 0 Å². The van der Waals surface area contributed by atoms with Crippen LogP contribution < -0.4 is 4.74 Å². The second-order valence-corrected chi connectivity index (χ2v) is 8.55. The summed E-state index contributed by atoms with van der Waals surface area (Å²) in [6.07, 6.45) is 0.701. The predicted octanol–water partition coefficient (Wildman–Crippen LogP) is 4.42. The van der Waals surface area contributed by atoms with E-state index in [1.54, 1.807) is 41.3 Å². The molecule has 1 aliphatic rings. The topological polar surface area (TPSA) is 70.1 Å². The van der Waals surface area contributed by atoms with Crippen LogP contribution in [0.1, 0.15) is 36.1 Å². The Labute approximate surface area is 194 Å². The van der Waals surface area contributed by atoms with Crippen LogP contribution in [-0.2, 0) is 9.59 Å². The van der Waals surface area contributed by atoms with Gasteiger partial charge in [-0.15, -0.1) is 0 Å². The Kier molecular flexibility index (Phi) is 7.59. The first kappa shape index (κ1) is 23.8. The molecule has 1 fully saturated rings. The monoisotopic (exact) mass is 456 g/mol. The largest absolute Gasteiger partial charge is 0.507 e. The first-order valence-corrected chi connectivity index (χ1v) is 11.0. The molecule has 32 heavy (non-hydrogen) atoms. The molecule has 1 heterocycles. The molecule has 0 radical (unpaired) electrons. The van der Waals surface area contributed by atoms with Gasteiger partial charge in [0.25, 0.3) is 11.7 Å². The molecule has 1 N–H and O–H groups in total. The predicted molar refractivity (Wildman–Crippen MR) is 126 cm³/mol. The maximum Gasteiger partial charge on any atom is 0.295 e. The first-order chi connectivity index (χ1) is 15.2. The summed E-state index contributed by atoms with van der Waals surface area (Å²) < 4.78 is 5.52. The van der Waals surface area contributed by atoms with Crippen molar-refractivity contribution in [1.82, 2.24) is 9.80 Å². The van der Waals surface area contributed by atoms with Crippen LogP contribution in [0.4, 0.5) is 0 Å². The number of Topliss-reactive ketones (excluding diaryl/α,β-unsaturated/α-hetero) is 1. The molecule has 0 aromatic heterocycles. The molecule has 0 saturated carbocycles. The molecule has 0 bridgehead atoms. The van der Waals surface area contributed by atoms with Crippen LogP contribution in [0.5, 0.6) is 5.75 Å². The van der Waals surface area contributed by atoms with Gasteiger partial charge in [0.2, 0.25) is 0 Å². The summed E-state index contributed by atoms with van der Waals surface area (Å²) in [5.74, 6) is -0.784. The summed E-state index contributed by atoms with van der Waals surface area (Å²) in [5.41, 5.74) is 2.07. The van der Waals surface area contributed by atoms with E-state index >= 15 is 0 Å². The molecule has 1 atom stereocenters. The molecule has 1 unspecified atom stereocenters. The van der Waals surface area contributed by atoms with Crippen LogP contribution in [0.15, 0.2) is 48.0 Å². The average molecular weight is 457 g/mol. The number of likely N-dealkylation sites (tertiary alicyclic amines) is 1. The Morgan fingerprint density at radius 1 is 1.16 bits per heavy atom. The Morgan fingerprint density at radius 2 is 1.84 bits per heavy atom. The van der Waals surface area contributed by atoms with Crippen molar-refractivity contribution in [3.05, 3.63) is 69.8 Å². The zero-order valence-electron chi connectivity index (χ0n) is 18.9. The van der Waals surface area contributed by atoms with Crippen LogP contribution in [0, 0.1) is 6.92 Å². The molecule has 7 heteroatoms. The highest BCUT2D eigenvalue weighted by molar-refractivity contribution is 6.46. The molecular weight excluding hydrogens is 428 g/mol. The lowest BCUT2D eigenvalue weighted by Crippen LogP contribution is -2.32. The van der Waals surface area contributed by atoms with Gasteiger partial charge >= 0.3 is 0 Å². The minimum atomic E-state index is -0.680. The van der Waals surface area contributed by atoms with Crippen LogP contribution in [0.2, 0.25) is 5.02 Å². The fraction of sp³-hybridized carbons (Fsp3) is 0.360. The quantitative estimate of drug-likeness (QED) is 0.361. The standard InChI is InChI=1S/C25H29ClN2O4/c1-5-32-19-11-12-20(16(2)15-19)23(29)21-22(17-7-9-18(26)10-8-17)28(25(31)24(21)30)14-6-13-27(3)4/h7-12,15,22,29H,5-6,13-14H2,1-4H3. The summed E-state index contributed by atoms with van der Waals surface area (Å²) in [7, 11) is 3.92. The van der Waals surface area contributed by atoms with E-state index in [4.69, 9.17) is 16.3 Å². The van der Waals surface area contributed by atoms with Crippen molar-refractivity contribution in [1.29, 1.82) is 0 Å². The van der Waals surface area contributed by atoms with Crippen LogP contribution in [-0.4, -0.2) is 60.4 Å². The maximum absolute atomic E-state index is 13.1. The van der Waals surface area contributed by atoms with Crippen molar-refractivity contribution in [2.24, 2.45) is 0 Å². The number of ketones is 1. The third-order valence-corrected chi connectivity index (χ3v) is 5.75. The summed E-state index contributed by atoms with van der Waals surface area (Å²) in [6, 6.07) is 11.6. The molecule has 3 rings (SSSR count). The van der Waals surface area contributed by atoms with Crippen molar-refractivity contribution < 1.29 is 19.4 Å². The fourth-order valence-corrected chi connectivity index (χ4v) is 4.09. The Balaban J connectivity index is 2.09. The minimum absolute atomic E-state index is 0.0921. The van der Waals surface area contributed by atoms with Gasteiger partial charge in [0, 0.05) is 17.1 Å². The lowest BCUT2D eigenvalue weighted by molar-refractivity contribution is -0.139. The van der Waals surface area contributed by atoms with E-state index in [0.717, 1.165) is 17.7 Å². The maximum atomic E-state index is 13.1. The van der Waals surface area contributed by atoms with E-state index in [-0.39, 0.29) is 11.3 Å². The number of carbonyl (C=O) groups excluding carboxylic acids is 2. The summed E-state index contributed by atoms with van der Waals surface area (Å²) in [4.78, 5) is 29.6. The highest BCUT2D eigenvalue weighted by Gasteiger charge is 2.45. The van der Waals surface area contributed by atoms with Gasteiger partial charge in [-0.2, -0.15) is 0 Å². The SMILES string of the molecule is CCOc1ccc(C(O)=C2C(=O)C(=O)N(CCCN(C)C)C2c2ccc(Cl)cc2)c(C)c1.